The Hall–Kier alpha value is -3.28. The molecule has 6 heteroatoms. The van der Waals surface area contributed by atoms with Crippen molar-refractivity contribution < 1.29 is 4.52 Å². The molecule has 0 aliphatic rings. The van der Waals surface area contributed by atoms with Crippen LogP contribution in [-0.4, -0.2) is 24.9 Å². The average Bonchev–Trinajstić information content (AvgIpc) is 3.25. The lowest BCUT2D eigenvalue weighted by molar-refractivity contribution is 0.429. The van der Waals surface area contributed by atoms with Crippen LogP contribution in [0.4, 0.5) is 0 Å². The molecule has 0 saturated carbocycles. The average molecular weight is 289 g/mol. The Kier molecular flexibility index (Phi) is 2.97. The third-order valence-electron chi connectivity index (χ3n) is 3.18. The van der Waals surface area contributed by atoms with Crippen LogP contribution in [0.2, 0.25) is 0 Å². The SMILES string of the molecule is c1ccc(-n2nccc2-c2nc(-c3ccccn3)no2)cc1. The van der Waals surface area contributed by atoms with Gasteiger partial charge in [-0.3, -0.25) is 4.98 Å². The lowest BCUT2D eigenvalue weighted by Gasteiger charge is -2.03. The van der Waals surface area contributed by atoms with Crippen LogP contribution in [0.25, 0.3) is 28.8 Å². The molecule has 0 atom stereocenters. The summed E-state index contributed by atoms with van der Waals surface area (Å²) in [5, 5.41) is 8.31. The van der Waals surface area contributed by atoms with Crippen molar-refractivity contribution in [2.45, 2.75) is 0 Å². The molecule has 0 aliphatic heterocycles. The van der Waals surface area contributed by atoms with E-state index in [0.29, 0.717) is 17.4 Å². The molecule has 106 valence electrons. The second-order valence-corrected chi connectivity index (χ2v) is 4.60. The molecule has 0 N–H and O–H groups in total. The van der Waals surface area contributed by atoms with Crippen LogP contribution < -0.4 is 0 Å². The van der Waals surface area contributed by atoms with Crippen LogP contribution in [0.15, 0.2) is 71.5 Å². The molecule has 1 aromatic carbocycles. The van der Waals surface area contributed by atoms with Gasteiger partial charge < -0.3 is 4.52 Å². The lowest BCUT2D eigenvalue weighted by Crippen LogP contribution is -1.98. The third-order valence-corrected chi connectivity index (χ3v) is 3.18. The van der Waals surface area contributed by atoms with Crippen LogP contribution >= 0.6 is 0 Å². The summed E-state index contributed by atoms with van der Waals surface area (Å²) in [7, 11) is 0. The molecular formula is C16H11N5O. The number of benzene rings is 1. The first-order valence-corrected chi connectivity index (χ1v) is 6.77. The van der Waals surface area contributed by atoms with Crippen LogP contribution in [0.1, 0.15) is 0 Å². The maximum Gasteiger partial charge on any atom is 0.277 e. The van der Waals surface area contributed by atoms with E-state index in [-0.39, 0.29) is 0 Å². The lowest BCUT2D eigenvalue weighted by atomic mass is 10.3. The van der Waals surface area contributed by atoms with Crippen LogP contribution in [-0.2, 0) is 0 Å². The maximum absolute atomic E-state index is 5.36. The number of hydrogen-bond donors (Lipinski definition) is 0. The van der Waals surface area contributed by atoms with Crippen molar-refractivity contribution in [3.63, 3.8) is 0 Å². The molecule has 0 spiro atoms. The minimum absolute atomic E-state index is 0.405. The number of pyridine rings is 1. The Morgan fingerprint density at radius 2 is 1.73 bits per heavy atom. The smallest absolute Gasteiger partial charge is 0.277 e. The predicted molar refractivity (Wildman–Crippen MR) is 80.1 cm³/mol. The van der Waals surface area contributed by atoms with E-state index < -0.39 is 0 Å². The summed E-state index contributed by atoms with van der Waals surface area (Å²) in [6.45, 7) is 0. The van der Waals surface area contributed by atoms with Gasteiger partial charge in [0.05, 0.1) is 11.9 Å². The molecular weight excluding hydrogens is 278 g/mol. The van der Waals surface area contributed by atoms with Crippen molar-refractivity contribution in [1.82, 2.24) is 24.9 Å². The number of para-hydroxylation sites is 1. The molecule has 0 saturated heterocycles. The Labute approximate surface area is 126 Å². The van der Waals surface area contributed by atoms with Gasteiger partial charge in [0.2, 0.25) is 5.82 Å². The van der Waals surface area contributed by atoms with E-state index in [2.05, 4.69) is 20.2 Å². The van der Waals surface area contributed by atoms with Gasteiger partial charge in [-0.25, -0.2) is 4.68 Å². The van der Waals surface area contributed by atoms with Gasteiger partial charge in [-0.05, 0) is 30.3 Å². The molecule has 6 nitrogen and oxygen atoms in total. The van der Waals surface area contributed by atoms with E-state index in [4.69, 9.17) is 4.52 Å². The van der Waals surface area contributed by atoms with Gasteiger partial charge in [0.1, 0.15) is 11.4 Å². The zero-order chi connectivity index (χ0) is 14.8. The summed E-state index contributed by atoms with van der Waals surface area (Å²) in [6, 6.07) is 17.2. The van der Waals surface area contributed by atoms with Gasteiger partial charge in [-0.2, -0.15) is 10.1 Å². The Bertz CT molecular complexity index is 883. The highest BCUT2D eigenvalue weighted by Gasteiger charge is 2.15. The van der Waals surface area contributed by atoms with E-state index in [0.717, 1.165) is 11.4 Å². The van der Waals surface area contributed by atoms with Gasteiger partial charge in [0.15, 0.2) is 0 Å². The van der Waals surface area contributed by atoms with Gasteiger partial charge in [-0.15, -0.1) is 0 Å². The Morgan fingerprint density at radius 1 is 0.864 bits per heavy atom. The van der Waals surface area contributed by atoms with E-state index in [1.165, 1.54) is 0 Å². The first-order valence-electron chi connectivity index (χ1n) is 6.77. The van der Waals surface area contributed by atoms with E-state index >= 15 is 0 Å². The molecule has 0 amide bonds. The molecule has 0 unspecified atom stereocenters. The summed E-state index contributed by atoms with van der Waals surface area (Å²) in [4.78, 5) is 8.62. The summed E-state index contributed by atoms with van der Waals surface area (Å²) in [5.74, 6) is 0.860. The zero-order valence-electron chi connectivity index (χ0n) is 11.5. The van der Waals surface area contributed by atoms with Crippen LogP contribution in [0, 0.1) is 0 Å². The second-order valence-electron chi connectivity index (χ2n) is 4.60. The third kappa shape index (κ3) is 2.16. The monoisotopic (exact) mass is 289 g/mol. The van der Waals surface area contributed by atoms with Crippen molar-refractivity contribution in [1.29, 1.82) is 0 Å². The topological polar surface area (TPSA) is 69.6 Å². The second kappa shape index (κ2) is 5.25. The fourth-order valence-electron chi connectivity index (χ4n) is 2.17. The van der Waals surface area contributed by atoms with E-state index in [1.54, 1.807) is 17.1 Å². The minimum Gasteiger partial charge on any atom is -0.332 e. The molecule has 0 radical (unpaired) electrons. The van der Waals surface area contributed by atoms with Crippen molar-refractivity contribution in [3.05, 3.63) is 67.0 Å². The molecule has 3 aromatic heterocycles. The number of aromatic nitrogens is 5. The highest BCUT2D eigenvalue weighted by Crippen LogP contribution is 2.23. The molecule has 3 heterocycles. The van der Waals surface area contributed by atoms with Crippen molar-refractivity contribution in [2.24, 2.45) is 0 Å². The molecule has 0 aliphatic carbocycles. The fraction of sp³-hybridized carbons (Fsp3) is 0. The Balaban J connectivity index is 1.76. The largest absolute Gasteiger partial charge is 0.332 e. The minimum atomic E-state index is 0.405. The van der Waals surface area contributed by atoms with Crippen molar-refractivity contribution in [3.8, 4) is 28.8 Å². The molecule has 4 aromatic rings. The van der Waals surface area contributed by atoms with Crippen molar-refractivity contribution in [2.75, 3.05) is 0 Å². The first-order chi connectivity index (χ1) is 10.9. The highest BCUT2D eigenvalue weighted by atomic mass is 16.5. The van der Waals surface area contributed by atoms with Gasteiger partial charge in [0.25, 0.3) is 5.89 Å². The van der Waals surface area contributed by atoms with Crippen LogP contribution in [0.5, 0.6) is 0 Å². The zero-order valence-corrected chi connectivity index (χ0v) is 11.5. The van der Waals surface area contributed by atoms with Gasteiger partial charge in [0, 0.05) is 6.20 Å². The first kappa shape index (κ1) is 12.5. The van der Waals surface area contributed by atoms with E-state index in [9.17, 15) is 0 Å². The number of rotatable bonds is 3. The molecule has 0 fully saturated rings. The maximum atomic E-state index is 5.36. The van der Waals surface area contributed by atoms with Crippen LogP contribution in [0.3, 0.4) is 0 Å². The van der Waals surface area contributed by atoms with E-state index in [1.807, 2.05) is 54.6 Å². The molecule has 0 bridgehead atoms. The fourth-order valence-corrected chi connectivity index (χ4v) is 2.17. The van der Waals surface area contributed by atoms with Gasteiger partial charge in [-0.1, -0.05) is 29.4 Å². The summed E-state index contributed by atoms with van der Waals surface area (Å²) in [5.41, 5.74) is 2.34. The summed E-state index contributed by atoms with van der Waals surface area (Å²) < 4.78 is 7.12. The molecule has 4 rings (SSSR count). The highest BCUT2D eigenvalue weighted by molar-refractivity contribution is 5.56. The quantitative estimate of drug-likeness (QED) is 0.580. The van der Waals surface area contributed by atoms with Gasteiger partial charge >= 0.3 is 0 Å². The van der Waals surface area contributed by atoms with Crippen molar-refractivity contribution >= 4 is 0 Å². The molecule has 22 heavy (non-hydrogen) atoms. The number of nitrogens with zero attached hydrogens (tertiary/aromatic N) is 5. The summed E-state index contributed by atoms with van der Waals surface area (Å²) in [6.07, 6.45) is 3.40. The standard InChI is InChI=1S/C16H11N5O/c1-2-6-12(7-3-1)21-14(9-11-18-21)16-19-15(20-22-16)13-8-4-5-10-17-13/h1-11H. The normalized spacial score (nSPS) is 10.7. The number of hydrogen-bond acceptors (Lipinski definition) is 5. The summed E-state index contributed by atoms with van der Waals surface area (Å²) >= 11 is 0. The Morgan fingerprint density at radius 3 is 2.55 bits per heavy atom. The predicted octanol–water partition coefficient (Wildman–Crippen LogP) is 2.98.